The molecule has 2 heteroatoms. The molecule has 0 radical (unpaired) electrons. The molecule has 12 heavy (non-hydrogen) atoms. The summed E-state index contributed by atoms with van der Waals surface area (Å²) < 4.78 is 5.93. The number of alkyl halides is 1. The second-order valence-corrected chi connectivity index (χ2v) is 4.69. The lowest BCUT2D eigenvalue weighted by Crippen LogP contribution is -2.37. The average Bonchev–Trinajstić information content (AvgIpc) is 2.76. The van der Waals surface area contributed by atoms with Crippen molar-refractivity contribution in [3.63, 3.8) is 0 Å². The minimum atomic E-state index is 0.233. The molecule has 0 amide bonds. The molecule has 1 aliphatic carbocycles. The molecule has 70 valence electrons. The molecule has 2 rings (SSSR count). The maximum Gasteiger partial charge on any atom is 0.0807 e. The van der Waals surface area contributed by atoms with E-state index in [0.717, 1.165) is 17.9 Å². The van der Waals surface area contributed by atoms with Crippen LogP contribution in [0.3, 0.4) is 0 Å². The Morgan fingerprint density at radius 2 is 2.00 bits per heavy atom. The summed E-state index contributed by atoms with van der Waals surface area (Å²) in [4.78, 5) is 0. The summed E-state index contributed by atoms with van der Waals surface area (Å²) in [5.74, 6) is 0.847. The molecule has 1 unspecified atom stereocenters. The van der Waals surface area contributed by atoms with Crippen LogP contribution in [0.2, 0.25) is 0 Å². The van der Waals surface area contributed by atoms with Gasteiger partial charge in [-0.05, 0) is 31.6 Å². The van der Waals surface area contributed by atoms with Gasteiger partial charge in [0.05, 0.1) is 5.60 Å². The Morgan fingerprint density at radius 3 is 2.50 bits per heavy atom. The first-order valence-electron chi connectivity index (χ1n) is 5.07. The molecular formula is C10H17BrO. The summed E-state index contributed by atoms with van der Waals surface area (Å²) >= 11 is 3.62. The van der Waals surface area contributed by atoms with Gasteiger partial charge in [0.25, 0.3) is 0 Å². The molecule has 1 heterocycles. The first kappa shape index (κ1) is 9.01. The molecule has 1 atom stereocenters. The average molecular weight is 233 g/mol. The minimum absolute atomic E-state index is 0.233. The highest BCUT2D eigenvalue weighted by atomic mass is 79.9. The number of rotatable bonds is 2. The molecule has 1 saturated carbocycles. The highest BCUT2D eigenvalue weighted by Gasteiger charge is 2.42. The largest absolute Gasteiger partial charge is 0.374 e. The molecule has 0 bridgehead atoms. The Labute approximate surface area is 83.0 Å². The fourth-order valence-electron chi connectivity index (χ4n) is 2.71. The van der Waals surface area contributed by atoms with Gasteiger partial charge >= 0.3 is 0 Å². The summed E-state index contributed by atoms with van der Waals surface area (Å²) in [7, 11) is 0. The predicted molar refractivity (Wildman–Crippen MR) is 53.7 cm³/mol. The monoisotopic (exact) mass is 232 g/mol. The third kappa shape index (κ3) is 1.44. The van der Waals surface area contributed by atoms with Crippen LogP contribution >= 0.6 is 15.9 Å². The minimum Gasteiger partial charge on any atom is -0.374 e. The summed E-state index contributed by atoms with van der Waals surface area (Å²) in [6.45, 7) is 0.988. The van der Waals surface area contributed by atoms with Crippen LogP contribution in [0.4, 0.5) is 0 Å². The van der Waals surface area contributed by atoms with Crippen LogP contribution in [0.25, 0.3) is 0 Å². The van der Waals surface area contributed by atoms with Crippen molar-refractivity contribution in [2.45, 2.75) is 44.1 Å². The summed E-state index contributed by atoms with van der Waals surface area (Å²) in [5.41, 5.74) is 0.233. The summed E-state index contributed by atoms with van der Waals surface area (Å²) in [6, 6.07) is 0. The second-order valence-electron chi connectivity index (χ2n) is 4.13. The summed E-state index contributed by atoms with van der Waals surface area (Å²) in [6.07, 6.45) is 8.17. The van der Waals surface area contributed by atoms with E-state index in [9.17, 15) is 0 Å². The lowest BCUT2D eigenvalue weighted by molar-refractivity contribution is -0.0215. The van der Waals surface area contributed by atoms with Crippen LogP contribution < -0.4 is 0 Å². The molecule has 0 spiro atoms. The van der Waals surface area contributed by atoms with Crippen molar-refractivity contribution in [2.75, 3.05) is 11.9 Å². The van der Waals surface area contributed by atoms with E-state index in [1.165, 1.54) is 38.5 Å². The van der Waals surface area contributed by atoms with Crippen LogP contribution in [0.1, 0.15) is 38.5 Å². The van der Waals surface area contributed by atoms with E-state index in [1.54, 1.807) is 0 Å². The normalized spacial score (nSPS) is 37.8. The van der Waals surface area contributed by atoms with Crippen LogP contribution in [0.5, 0.6) is 0 Å². The van der Waals surface area contributed by atoms with Crippen molar-refractivity contribution in [3.8, 4) is 0 Å². The van der Waals surface area contributed by atoms with Gasteiger partial charge in [0.1, 0.15) is 0 Å². The first-order chi connectivity index (χ1) is 5.87. The zero-order chi connectivity index (χ0) is 8.44. The predicted octanol–water partition coefficient (Wildman–Crippen LogP) is 3.12. The lowest BCUT2D eigenvalue weighted by Gasteiger charge is -2.32. The van der Waals surface area contributed by atoms with Crippen molar-refractivity contribution >= 4 is 15.9 Å². The Bertz CT molecular complexity index is 146. The third-order valence-electron chi connectivity index (χ3n) is 3.46. The quantitative estimate of drug-likeness (QED) is 0.666. The standard InChI is InChI=1S/C10H17BrO/c11-8-10(6-3-7-12-10)9-4-1-2-5-9/h9H,1-8H2. The van der Waals surface area contributed by atoms with Gasteiger partial charge in [-0.15, -0.1) is 0 Å². The van der Waals surface area contributed by atoms with Gasteiger partial charge in [0.15, 0.2) is 0 Å². The van der Waals surface area contributed by atoms with Gasteiger partial charge in [-0.25, -0.2) is 0 Å². The van der Waals surface area contributed by atoms with Crippen molar-refractivity contribution in [1.29, 1.82) is 0 Å². The van der Waals surface area contributed by atoms with Crippen LogP contribution in [-0.2, 0) is 4.74 Å². The van der Waals surface area contributed by atoms with Gasteiger partial charge in [0, 0.05) is 11.9 Å². The summed E-state index contributed by atoms with van der Waals surface area (Å²) in [5, 5.41) is 1.05. The van der Waals surface area contributed by atoms with E-state index < -0.39 is 0 Å². The zero-order valence-corrected chi connectivity index (χ0v) is 9.11. The van der Waals surface area contributed by atoms with E-state index in [0.29, 0.717) is 0 Å². The number of hydrogen-bond donors (Lipinski definition) is 0. The van der Waals surface area contributed by atoms with Crippen LogP contribution in [-0.4, -0.2) is 17.5 Å². The van der Waals surface area contributed by atoms with Crippen LogP contribution in [0, 0.1) is 5.92 Å². The van der Waals surface area contributed by atoms with Crippen molar-refractivity contribution in [2.24, 2.45) is 5.92 Å². The maximum atomic E-state index is 5.93. The fraction of sp³-hybridized carbons (Fsp3) is 1.00. The van der Waals surface area contributed by atoms with E-state index >= 15 is 0 Å². The fourth-order valence-corrected chi connectivity index (χ4v) is 3.61. The molecule has 0 N–H and O–H groups in total. The highest BCUT2D eigenvalue weighted by Crippen LogP contribution is 2.43. The molecule has 0 aromatic carbocycles. The molecule has 2 fully saturated rings. The van der Waals surface area contributed by atoms with Crippen molar-refractivity contribution < 1.29 is 4.74 Å². The van der Waals surface area contributed by atoms with Gasteiger partial charge < -0.3 is 4.74 Å². The Balaban J connectivity index is 2.04. The Kier molecular flexibility index (Phi) is 2.75. The van der Waals surface area contributed by atoms with Gasteiger partial charge in [-0.3, -0.25) is 0 Å². The van der Waals surface area contributed by atoms with Crippen molar-refractivity contribution in [1.82, 2.24) is 0 Å². The van der Waals surface area contributed by atoms with E-state index in [-0.39, 0.29) is 5.60 Å². The Morgan fingerprint density at radius 1 is 1.25 bits per heavy atom. The number of ether oxygens (including phenoxy) is 1. The van der Waals surface area contributed by atoms with E-state index in [2.05, 4.69) is 15.9 Å². The molecular weight excluding hydrogens is 216 g/mol. The molecule has 1 nitrogen and oxygen atoms in total. The van der Waals surface area contributed by atoms with Crippen LogP contribution in [0.15, 0.2) is 0 Å². The van der Waals surface area contributed by atoms with Gasteiger partial charge in [-0.1, -0.05) is 28.8 Å². The second kappa shape index (κ2) is 3.67. The SMILES string of the molecule is BrCC1(C2CCCC2)CCCO1. The smallest absolute Gasteiger partial charge is 0.0807 e. The number of halogens is 1. The van der Waals surface area contributed by atoms with Gasteiger partial charge in [-0.2, -0.15) is 0 Å². The molecule has 2 aliphatic rings. The lowest BCUT2D eigenvalue weighted by atomic mass is 9.85. The first-order valence-corrected chi connectivity index (χ1v) is 6.19. The third-order valence-corrected chi connectivity index (χ3v) is 4.41. The molecule has 0 aromatic heterocycles. The highest BCUT2D eigenvalue weighted by molar-refractivity contribution is 9.09. The Hall–Kier alpha value is 0.440. The topological polar surface area (TPSA) is 9.23 Å². The molecule has 0 aromatic rings. The van der Waals surface area contributed by atoms with Gasteiger partial charge in [0.2, 0.25) is 0 Å². The van der Waals surface area contributed by atoms with Crippen molar-refractivity contribution in [3.05, 3.63) is 0 Å². The molecule has 1 aliphatic heterocycles. The van der Waals surface area contributed by atoms with E-state index in [4.69, 9.17) is 4.74 Å². The maximum absolute atomic E-state index is 5.93. The molecule has 1 saturated heterocycles. The van der Waals surface area contributed by atoms with E-state index in [1.807, 2.05) is 0 Å². The number of hydrogen-bond acceptors (Lipinski definition) is 1. The zero-order valence-electron chi connectivity index (χ0n) is 7.52.